The topological polar surface area (TPSA) is 43.4 Å². The molecule has 0 aliphatic carbocycles. The SMILES string of the molecule is COC(=O)C(CCC(C)C[C@H](C(C)=O)C(C)C)C(C)C. The lowest BCUT2D eigenvalue weighted by atomic mass is 9.81. The molecule has 0 radical (unpaired) electrons. The van der Waals surface area contributed by atoms with E-state index in [0.29, 0.717) is 17.8 Å². The van der Waals surface area contributed by atoms with E-state index in [0.717, 1.165) is 19.3 Å². The smallest absolute Gasteiger partial charge is 0.308 e. The van der Waals surface area contributed by atoms with Crippen molar-refractivity contribution < 1.29 is 14.3 Å². The summed E-state index contributed by atoms with van der Waals surface area (Å²) in [5, 5.41) is 0. The summed E-state index contributed by atoms with van der Waals surface area (Å²) < 4.78 is 4.87. The van der Waals surface area contributed by atoms with E-state index in [1.54, 1.807) is 6.92 Å². The summed E-state index contributed by atoms with van der Waals surface area (Å²) in [5.74, 6) is 1.41. The van der Waals surface area contributed by atoms with Crippen LogP contribution in [0.25, 0.3) is 0 Å². The third-order valence-electron chi connectivity index (χ3n) is 4.26. The van der Waals surface area contributed by atoms with Crippen molar-refractivity contribution in [3.63, 3.8) is 0 Å². The third kappa shape index (κ3) is 6.53. The molecule has 3 atom stereocenters. The molecule has 0 spiro atoms. The van der Waals surface area contributed by atoms with Crippen molar-refractivity contribution >= 4 is 11.8 Å². The average Bonchev–Trinajstić information content (AvgIpc) is 2.34. The molecule has 2 unspecified atom stereocenters. The van der Waals surface area contributed by atoms with Gasteiger partial charge in [-0.05, 0) is 43.9 Å². The van der Waals surface area contributed by atoms with Crippen LogP contribution in [0.4, 0.5) is 0 Å². The van der Waals surface area contributed by atoms with Crippen LogP contribution < -0.4 is 0 Å². The first-order valence-electron chi connectivity index (χ1n) is 7.78. The van der Waals surface area contributed by atoms with E-state index in [9.17, 15) is 9.59 Å². The highest BCUT2D eigenvalue weighted by Gasteiger charge is 2.25. The maximum Gasteiger partial charge on any atom is 0.308 e. The average molecular weight is 284 g/mol. The number of carbonyl (C=O) groups is 2. The Labute approximate surface area is 124 Å². The number of rotatable bonds is 9. The molecule has 0 heterocycles. The Balaban J connectivity index is 4.42. The van der Waals surface area contributed by atoms with Crippen LogP contribution in [0.3, 0.4) is 0 Å². The van der Waals surface area contributed by atoms with Gasteiger partial charge in [-0.3, -0.25) is 9.59 Å². The van der Waals surface area contributed by atoms with Gasteiger partial charge in [0.2, 0.25) is 0 Å². The standard InChI is InChI=1S/C17H32O3/c1-11(2)15(17(19)20-7)9-8-13(5)10-16(12(3)4)14(6)18/h11-13,15-16H,8-10H2,1-7H3/t13?,15?,16-/m0/s1. The van der Waals surface area contributed by atoms with E-state index >= 15 is 0 Å². The van der Waals surface area contributed by atoms with E-state index in [1.807, 2.05) is 0 Å². The normalized spacial score (nSPS) is 16.1. The Bertz CT molecular complexity index is 307. The number of hydrogen-bond acceptors (Lipinski definition) is 3. The van der Waals surface area contributed by atoms with Gasteiger partial charge in [0, 0.05) is 5.92 Å². The van der Waals surface area contributed by atoms with E-state index in [2.05, 4.69) is 34.6 Å². The second-order valence-corrected chi connectivity index (χ2v) is 6.75. The van der Waals surface area contributed by atoms with Crippen LogP contribution in [0, 0.1) is 29.6 Å². The first-order valence-corrected chi connectivity index (χ1v) is 7.78. The van der Waals surface area contributed by atoms with Gasteiger partial charge in [0.05, 0.1) is 13.0 Å². The second-order valence-electron chi connectivity index (χ2n) is 6.75. The van der Waals surface area contributed by atoms with Crippen molar-refractivity contribution in [2.45, 2.75) is 60.8 Å². The number of methoxy groups -OCH3 is 1. The van der Waals surface area contributed by atoms with Crippen LogP contribution in [0.15, 0.2) is 0 Å². The lowest BCUT2D eigenvalue weighted by molar-refractivity contribution is -0.147. The summed E-state index contributed by atoms with van der Waals surface area (Å²) in [5.41, 5.74) is 0. The van der Waals surface area contributed by atoms with E-state index < -0.39 is 0 Å². The molecule has 0 saturated carbocycles. The molecule has 0 N–H and O–H groups in total. The van der Waals surface area contributed by atoms with Crippen LogP contribution in [0.2, 0.25) is 0 Å². The van der Waals surface area contributed by atoms with Crippen LogP contribution in [0.1, 0.15) is 60.8 Å². The molecule has 3 heteroatoms. The number of hydrogen-bond donors (Lipinski definition) is 0. The molecule has 20 heavy (non-hydrogen) atoms. The largest absolute Gasteiger partial charge is 0.469 e. The lowest BCUT2D eigenvalue weighted by Crippen LogP contribution is -2.24. The minimum absolute atomic E-state index is 0.0303. The molecule has 0 bridgehead atoms. The molecule has 0 aliphatic heterocycles. The molecular weight excluding hydrogens is 252 g/mol. The Hall–Kier alpha value is -0.860. The van der Waals surface area contributed by atoms with Gasteiger partial charge in [0.1, 0.15) is 5.78 Å². The maximum absolute atomic E-state index is 11.7. The molecule has 0 aromatic rings. The van der Waals surface area contributed by atoms with Crippen LogP contribution in [-0.4, -0.2) is 18.9 Å². The lowest BCUT2D eigenvalue weighted by Gasteiger charge is -2.24. The van der Waals surface area contributed by atoms with Gasteiger partial charge in [0.25, 0.3) is 0 Å². The first kappa shape index (κ1) is 19.1. The predicted octanol–water partition coefficient (Wildman–Crippen LogP) is 4.10. The van der Waals surface area contributed by atoms with Crippen LogP contribution >= 0.6 is 0 Å². The summed E-state index contributed by atoms with van der Waals surface area (Å²) in [6.45, 7) is 12.2. The first-order chi connectivity index (χ1) is 9.20. The molecule has 0 aromatic heterocycles. The number of ether oxygens (including phenoxy) is 1. The van der Waals surface area contributed by atoms with Crippen molar-refractivity contribution in [1.82, 2.24) is 0 Å². The van der Waals surface area contributed by atoms with E-state index in [4.69, 9.17) is 4.74 Å². The highest BCUT2D eigenvalue weighted by molar-refractivity contribution is 5.78. The summed E-state index contributed by atoms with van der Waals surface area (Å²) in [6, 6.07) is 0. The van der Waals surface area contributed by atoms with Gasteiger partial charge in [-0.15, -0.1) is 0 Å². The van der Waals surface area contributed by atoms with E-state index in [-0.39, 0.29) is 23.6 Å². The molecule has 0 aliphatic rings. The highest BCUT2D eigenvalue weighted by Crippen LogP contribution is 2.27. The molecule has 118 valence electrons. The summed E-state index contributed by atoms with van der Waals surface area (Å²) >= 11 is 0. The summed E-state index contributed by atoms with van der Waals surface area (Å²) in [7, 11) is 1.45. The number of Topliss-reactive ketones (excluding diaryl/α,β-unsaturated/α-hetero) is 1. The Kier molecular flexibility index (Phi) is 8.75. The van der Waals surface area contributed by atoms with Crippen molar-refractivity contribution in [1.29, 1.82) is 0 Å². The zero-order valence-electron chi connectivity index (χ0n) is 14.2. The molecule has 3 nitrogen and oxygen atoms in total. The Morgan fingerprint density at radius 1 is 0.900 bits per heavy atom. The molecular formula is C17H32O3. The van der Waals surface area contributed by atoms with Crippen LogP contribution in [0.5, 0.6) is 0 Å². The quantitative estimate of drug-likeness (QED) is 0.599. The molecule has 0 saturated heterocycles. The van der Waals surface area contributed by atoms with Crippen molar-refractivity contribution in [3.8, 4) is 0 Å². The fraction of sp³-hybridized carbons (Fsp3) is 0.882. The van der Waals surface area contributed by atoms with Crippen molar-refractivity contribution in [3.05, 3.63) is 0 Å². The number of esters is 1. The second kappa shape index (κ2) is 9.15. The molecule has 0 fully saturated rings. The number of ketones is 1. The zero-order chi connectivity index (χ0) is 15.9. The fourth-order valence-corrected chi connectivity index (χ4v) is 2.80. The Morgan fingerprint density at radius 3 is 1.75 bits per heavy atom. The zero-order valence-corrected chi connectivity index (χ0v) is 14.2. The molecule has 0 rings (SSSR count). The summed E-state index contributed by atoms with van der Waals surface area (Å²) in [6.07, 6.45) is 2.72. The minimum Gasteiger partial charge on any atom is -0.469 e. The summed E-state index contributed by atoms with van der Waals surface area (Å²) in [4.78, 5) is 23.4. The van der Waals surface area contributed by atoms with Gasteiger partial charge < -0.3 is 4.74 Å². The number of carbonyl (C=O) groups excluding carboxylic acids is 2. The van der Waals surface area contributed by atoms with Crippen molar-refractivity contribution in [2.24, 2.45) is 29.6 Å². The van der Waals surface area contributed by atoms with Gasteiger partial charge in [-0.25, -0.2) is 0 Å². The molecule has 0 amide bonds. The van der Waals surface area contributed by atoms with Crippen LogP contribution in [-0.2, 0) is 14.3 Å². The Morgan fingerprint density at radius 2 is 1.40 bits per heavy atom. The highest BCUT2D eigenvalue weighted by atomic mass is 16.5. The third-order valence-corrected chi connectivity index (χ3v) is 4.26. The predicted molar refractivity (Wildman–Crippen MR) is 82.4 cm³/mol. The maximum atomic E-state index is 11.7. The molecule has 0 aromatic carbocycles. The van der Waals surface area contributed by atoms with Gasteiger partial charge in [-0.2, -0.15) is 0 Å². The van der Waals surface area contributed by atoms with Gasteiger partial charge in [0.15, 0.2) is 0 Å². The van der Waals surface area contributed by atoms with Gasteiger partial charge in [-0.1, -0.05) is 34.6 Å². The minimum atomic E-state index is -0.112. The van der Waals surface area contributed by atoms with Gasteiger partial charge >= 0.3 is 5.97 Å². The fourth-order valence-electron chi connectivity index (χ4n) is 2.80. The van der Waals surface area contributed by atoms with E-state index in [1.165, 1.54) is 7.11 Å². The monoisotopic (exact) mass is 284 g/mol. The van der Waals surface area contributed by atoms with Crippen molar-refractivity contribution in [2.75, 3.05) is 7.11 Å².